The van der Waals surface area contributed by atoms with Crippen molar-refractivity contribution >= 4 is 41.0 Å². The van der Waals surface area contributed by atoms with Crippen molar-refractivity contribution in [3.63, 3.8) is 0 Å². The van der Waals surface area contributed by atoms with E-state index in [1.807, 2.05) is 43.3 Å². The van der Waals surface area contributed by atoms with Crippen molar-refractivity contribution in [1.82, 2.24) is 5.32 Å². The van der Waals surface area contributed by atoms with Crippen molar-refractivity contribution < 1.29 is 9.21 Å². The molecule has 1 atom stereocenters. The molecule has 0 fully saturated rings. The van der Waals surface area contributed by atoms with Crippen LogP contribution in [0.1, 0.15) is 12.7 Å². The summed E-state index contributed by atoms with van der Waals surface area (Å²) < 4.78 is 5.25. The lowest BCUT2D eigenvalue weighted by atomic mass is 10.4. The molecular formula is C16H18ClNO2S2. The first-order chi connectivity index (χ1) is 10.6. The lowest BCUT2D eigenvalue weighted by molar-refractivity contribution is -0.120. The van der Waals surface area contributed by atoms with Crippen molar-refractivity contribution in [2.45, 2.75) is 22.8 Å². The molecule has 1 amide bonds. The van der Waals surface area contributed by atoms with Gasteiger partial charge in [-0.15, -0.1) is 11.8 Å². The molecule has 0 unspecified atom stereocenters. The Morgan fingerprint density at radius 2 is 2.09 bits per heavy atom. The summed E-state index contributed by atoms with van der Waals surface area (Å²) in [4.78, 5) is 13.1. The average Bonchev–Trinajstić information content (AvgIpc) is 3.02. The molecule has 1 aromatic heterocycles. The molecule has 0 aliphatic rings. The third-order valence-corrected chi connectivity index (χ3v) is 5.21. The van der Waals surface area contributed by atoms with E-state index in [0.717, 1.165) is 22.2 Å². The van der Waals surface area contributed by atoms with Gasteiger partial charge in [-0.1, -0.05) is 11.6 Å². The van der Waals surface area contributed by atoms with Gasteiger partial charge in [0.05, 0.1) is 17.3 Å². The number of halogens is 1. The summed E-state index contributed by atoms with van der Waals surface area (Å²) in [6, 6.07) is 11.4. The van der Waals surface area contributed by atoms with Crippen molar-refractivity contribution in [3.8, 4) is 0 Å². The Labute approximate surface area is 144 Å². The van der Waals surface area contributed by atoms with E-state index in [1.165, 1.54) is 11.8 Å². The van der Waals surface area contributed by atoms with E-state index < -0.39 is 0 Å². The molecule has 0 saturated carbocycles. The molecule has 0 bridgehead atoms. The zero-order chi connectivity index (χ0) is 15.8. The number of hydrogen-bond acceptors (Lipinski definition) is 4. The highest BCUT2D eigenvalue weighted by Crippen LogP contribution is 2.24. The zero-order valence-electron chi connectivity index (χ0n) is 12.3. The van der Waals surface area contributed by atoms with Crippen LogP contribution in [0.3, 0.4) is 0 Å². The zero-order valence-corrected chi connectivity index (χ0v) is 14.6. The molecule has 1 aromatic carbocycles. The summed E-state index contributed by atoms with van der Waals surface area (Å²) in [5.41, 5.74) is 0. The molecule has 6 heteroatoms. The summed E-state index contributed by atoms with van der Waals surface area (Å²) in [5.74, 6) is 2.71. The SMILES string of the molecule is C[C@@H](Sc1ccc(Cl)cc1)C(=O)NCCSCc1ccco1. The van der Waals surface area contributed by atoms with E-state index in [2.05, 4.69) is 5.32 Å². The predicted molar refractivity (Wildman–Crippen MR) is 94.7 cm³/mol. The third-order valence-electron chi connectivity index (χ3n) is 2.87. The average molecular weight is 356 g/mol. The highest BCUT2D eigenvalue weighted by Gasteiger charge is 2.13. The van der Waals surface area contributed by atoms with Gasteiger partial charge >= 0.3 is 0 Å². The molecule has 0 radical (unpaired) electrons. The van der Waals surface area contributed by atoms with Crippen LogP contribution in [0.4, 0.5) is 0 Å². The Morgan fingerprint density at radius 1 is 1.32 bits per heavy atom. The van der Waals surface area contributed by atoms with Gasteiger partial charge in [0, 0.05) is 22.2 Å². The first kappa shape index (κ1) is 17.3. The van der Waals surface area contributed by atoms with E-state index in [9.17, 15) is 4.79 Å². The van der Waals surface area contributed by atoms with Crippen LogP contribution in [0.5, 0.6) is 0 Å². The topological polar surface area (TPSA) is 42.2 Å². The molecular weight excluding hydrogens is 338 g/mol. The van der Waals surface area contributed by atoms with E-state index in [1.54, 1.807) is 18.0 Å². The number of carbonyl (C=O) groups excluding carboxylic acids is 1. The van der Waals surface area contributed by atoms with Gasteiger partial charge in [-0.05, 0) is 43.3 Å². The standard InChI is InChI=1S/C16H18ClNO2S2/c1-12(22-15-6-4-13(17)5-7-15)16(19)18-8-10-21-11-14-3-2-9-20-14/h2-7,9,12H,8,10-11H2,1H3,(H,18,19)/t12-/m1/s1. The summed E-state index contributed by atoms with van der Waals surface area (Å²) >= 11 is 9.12. The maximum absolute atomic E-state index is 12.0. The van der Waals surface area contributed by atoms with Gasteiger partial charge in [-0.25, -0.2) is 0 Å². The monoisotopic (exact) mass is 355 g/mol. The smallest absolute Gasteiger partial charge is 0.233 e. The third kappa shape index (κ3) is 5.99. The fourth-order valence-electron chi connectivity index (χ4n) is 1.73. The second-order valence-corrected chi connectivity index (χ2v) is 7.59. The van der Waals surface area contributed by atoms with Gasteiger partial charge in [-0.3, -0.25) is 4.79 Å². The Balaban J connectivity index is 1.62. The molecule has 2 aromatic rings. The Bertz CT molecular complexity index is 572. The van der Waals surface area contributed by atoms with Crippen LogP contribution < -0.4 is 5.32 Å². The predicted octanol–water partition coefficient (Wildman–Crippen LogP) is 4.46. The molecule has 0 aliphatic carbocycles. The summed E-state index contributed by atoms with van der Waals surface area (Å²) in [7, 11) is 0. The quantitative estimate of drug-likeness (QED) is 0.560. The minimum Gasteiger partial charge on any atom is -0.468 e. The van der Waals surface area contributed by atoms with Crippen LogP contribution in [-0.4, -0.2) is 23.5 Å². The van der Waals surface area contributed by atoms with Gasteiger partial charge in [0.1, 0.15) is 5.76 Å². The van der Waals surface area contributed by atoms with Crippen LogP contribution in [0.2, 0.25) is 5.02 Å². The maximum Gasteiger partial charge on any atom is 0.233 e. The molecule has 2 rings (SSSR count). The minimum atomic E-state index is -0.128. The van der Waals surface area contributed by atoms with E-state index in [0.29, 0.717) is 11.6 Å². The van der Waals surface area contributed by atoms with Crippen molar-refractivity contribution in [2.75, 3.05) is 12.3 Å². The summed E-state index contributed by atoms with van der Waals surface area (Å²) in [6.07, 6.45) is 1.67. The van der Waals surface area contributed by atoms with Gasteiger partial charge in [-0.2, -0.15) is 11.8 Å². The van der Waals surface area contributed by atoms with E-state index in [4.69, 9.17) is 16.0 Å². The highest BCUT2D eigenvalue weighted by molar-refractivity contribution is 8.00. The summed E-state index contributed by atoms with van der Waals surface area (Å²) in [5, 5.41) is 3.53. The van der Waals surface area contributed by atoms with Crippen LogP contribution in [0.15, 0.2) is 52.0 Å². The fraction of sp³-hybridized carbons (Fsp3) is 0.312. The van der Waals surface area contributed by atoms with Crippen LogP contribution in [-0.2, 0) is 10.5 Å². The second kappa shape index (κ2) is 9.18. The van der Waals surface area contributed by atoms with Gasteiger partial charge < -0.3 is 9.73 Å². The molecule has 1 N–H and O–H groups in total. The second-order valence-electron chi connectivity index (χ2n) is 4.64. The van der Waals surface area contributed by atoms with Crippen LogP contribution in [0.25, 0.3) is 0 Å². The number of rotatable bonds is 8. The van der Waals surface area contributed by atoms with Crippen molar-refractivity contribution in [3.05, 3.63) is 53.4 Å². The van der Waals surface area contributed by atoms with Gasteiger partial charge in [0.2, 0.25) is 5.91 Å². The van der Waals surface area contributed by atoms with Crippen LogP contribution in [0, 0.1) is 0 Å². The molecule has 22 heavy (non-hydrogen) atoms. The molecule has 0 aliphatic heterocycles. The number of amides is 1. The van der Waals surface area contributed by atoms with Gasteiger partial charge in [0.25, 0.3) is 0 Å². The molecule has 0 saturated heterocycles. The minimum absolute atomic E-state index is 0.0542. The Hall–Kier alpha value is -1.04. The molecule has 1 heterocycles. The first-order valence-corrected chi connectivity index (χ1v) is 9.36. The number of hydrogen-bond donors (Lipinski definition) is 1. The number of furan rings is 1. The lowest BCUT2D eigenvalue weighted by Crippen LogP contribution is -2.32. The Morgan fingerprint density at radius 3 is 2.77 bits per heavy atom. The molecule has 0 spiro atoms. The number of benzene rings is 1. The fourth-order valence-corrected chi connectivity index (χ4v) is 3.50. The number of thioether (sulfide) groups is 2. The summed E-state index contributed by atoms with van der Waals surface area (Å²) in [6.45, 7) is 2.57. The van der Waals surface area contributed by atoms with Crippen molar-refractivity contribution in [2.24, 2.45) is 0 Å². The highest BCUT2D eigenvalue weighted by atomic mass is 35.5. The largest absolute Gasteiger partial charge is 0.468 e. The van der Waals surface area contributed by atoms with Gasteiger partial charge in [0.15, 0.2) is 0 Å². The maximum atomic E-state index is 12.0. The molecule has 118 valence electrons. The van der Waals surface area contributed by atoms with E-state index >= 15 is 0 Å². The van der Waals surface area contributed by atoms with Crippen molar-refractivity contribution in [1.29, 1.82) is 0 Å². The molecule has 3 nitrogen and oxygen atoms in total. The number of nitrogens with one attached hydrogen (secondary N) is 1. The van der Waals surface area contributed by atoms with Crippen LogP contribution >= 0.6 is 35.1 Å². The van der Waals surface area contributed by atoms with E-state index in [-0.39, 0.29) is 11.2 Å². The first-order valence-electron chi connectivity index (χ1n) is 6.95. The Kier molecular flexibility index (Phi) is 7.22. The number of carbonyl (C=O) groups is 1. The lowest BCUT2D eigenvalue weighted by Gasteiger charge is -2.11. The normalized spacial score (nSPS) is 12.1.